The second kappa shape index (κ2) is 4.34. The number of nitrogens with zero attached hydrogens (tertiary/aromatic N) is 1. The molecule has 6 heavy (non-hydrogen) atoms. The predicted octanol–water partition coefficient (Wildman–Crippen LogP) is 1.59. The first-order valence-electron chi connectivity index (χ1n) is 1.86. The van der Waals surface area contributed by atoms with Crippen molar-refractivity contribution in [3.8, 4) is 0 Å². The van der Waals surface area contributed by atoms with Crippen LogP contribution in [0, 0.1) is 5.53 Å². The highest BCUT2D eigenvalue weighted by Gasteiger charge is 1.59. The van der Waals surface area contributed by atoms with Gasteiger partial charge in [0.15, 0.2) is 0 Å². The zero-order valence-corrected chi connectivity index (χ0v) is 3.81. The van der Waals surface area contributed by atoms with Gasteiger partial charge in [0.05, 0.1) is 6.54 Å². The van der Waals surface area contributed by atoms with E-state index in [0.29, 0.717) is 6.54 Å². The van der Waals surface area contributed by atoms with Gasteiger partial charge in [-0.05, 0) is 6.92 Å². The van der Waals surface area contributed by atoms with Crippen molar-refractivity contribution in [2.75, 3.05) is 6.54 Å². The molecular weight excluding hydrogens is 76.1 g/mol. The van der Waals surface area contributed by atoms with Crippen LogP contribution in [0.25, 0.3) is 0 Å². The van der Waals surface area contributed by atoms with Crippen LogP contribution < -0.4 is 0 Å². The average Bonchev–Trinajstić information content (AvgIpc) is 1.61. The maximum atomic E-state index is 6.28. The van der Waals surface area contributed by atoms with Crippen LogP contribution in [0.4, 0.5) is 0 Å². The van der Waals surface area contributed by atoms with E-state index in [4.69, 9.17) is 5.53 Å². The maximum Gasteiger partial charge on any atom is 0.0777 e. The van der Waals surface area contributed by atoms with Gasteiger partial charge >= 0.3 is 0 Å². The summed E-state index contributed by atoms with van der Waals surface area (Å²) < 4.78 is 0. The number of hydrogen-bond donors (Lipinski definition) is 1. The molecule has 0 heterocycles. The molecular formula is C4H8N2. The van der Waals surface area contributed by atoms with Crippen molar-refractivity contribution >= 4 is 0 Å². The quantitative estimate of drug-likeness (QED) is 0.389. The van der Waals surface area contributed by atoms with E-state index in [9.17, 15) is 0 Å². The van der Waals surface area contributed by atoms with Gasteiger partial charge in [0.2, 0.25) is 0 Å². The van der Waals surface area contributed by atoms with E-state index < -0.39 is 0 Å². The fraction of sp³-hybridized carbons (Fsp3) is 0.500. The predicted molar refractivity (Wildman–Crippen MR) is 24.8 cm³/mol. The van der Waals surface area contributed by atoms with E-state index >= 15 is 0 Å². The molecule has 2 nitrogen and oxygen atoms in total. The standard InChI is InChI=1S/C4H8N2/c1-2-3-4-6-5/h2-3,5H,4H2,1H3/b3-2+,6-5?. The van der Waals surface area contributed by atoms with Crippen LogP contribution in [0.1, 0.15) is 6.92 Å². The van der Waals surface area contributed by atoms with Crippen LogP contribution in [-0.4, -0.2) is 6.54 Å². The molecule has 0 saturated carbocycles. The van der Waals surface area contributed by atoms with Crippen LogP contribution in [-0.2, 0) is 0 Å². The first kappa shape index (κ1) is 5.34. The summed E-state index contributed by atoms with van der Waals surface area (Å²) in [6.45, 7) is 2.43. The van der Waals surface area contributed by atoms with E-state index in [1.165, 1.54) is 0 Å². The molecule has 34 valence electrons. The summed E-state index contributed by atoms with van der Waals surface area (Å²) in [6, 6.07) is 0. The van der Waals surface area contributed by atoms with Gasteiger partial charge in [0, 0.05) is 0 Å². The molecule has 0 spiro atoms. The molecule has 0 unspecified atom stereocenters. The minimum Gasteiger partial charge on any atom is -0.210 e. The highest BCUT2D eigenvalue weighted by atomic mass is 14.9. The Bertz CT molecular complexity index is 56.6. The molecule has 0 aliphatic rings. The summed E-state index contributed by atoms with van der Waals surface area (Å²) in [5.74, 6) is 0. The normalized spacial score (nSPS) is 9.50. The third kappa shape index (κ3) is 3.34. The molecule has 0 aromatic rings. The van der Waals surface area contributed by atoms with E-state index in [2.05, 4.69) is 5.11 Å². The number of hydrogen-bond acceptors (Lipinski definition) is 2. The molecule has 0 aliphatic carbocycles. The van der Waals surface area contributed by atoms with Crippen LogP contribution in [0.5, 0.6) is 0 Å². The van der Waals surface area contributed by atoms with Crippen LogP contribution >= 0.6 is 0 Å². The van der Waals surface area contributed by atoms with Gasteiger partial charge in [0.25, 0.3) is 0 Å². The monoisotopic (exact) mass is 84.1 g/mol. The highest BCUT2D eigenvalue weighted by Crippen LogP contribution is 1.69. The Labute approximate surface area is 37.4 Å². The molecule has 0 fully saturated rings. The molecule has 2 heteroatoms. The molecule has 0 atom stereocenters. The average molecular weight is 84.1 g/mol. The Morgan fingerprint density at radius 2 is 2.50 bits per heavy atom. The van der Waals surface area contributed by atoms with Gasteiger partial charge in [-0.1, -0.05) is 12.2 Å². The summed E-state index contributed by atoms with van der Waals surface area (Å²) >= 11 is 0. The molecule has 1 N–H and O–H groups in total. The van der Waals surface area contributed by atoms with Crippen LogP contribution in [0.15, 0.2) is 17.3 Å². The maximum absolute atomic E-state index is 6.28. The Morgan fingerprint density at radius 3 is 2.67 bits per heavy atom. The van der Waals surface area contributed by atoms with Crippen LogP contribution in [0.3, 0.4) is 0 Å². The van der Waals surface area contributed by atoms with Gasteiger partial charge in [-0.15, -0.1) is 0 Å². The Kier molecular flexibility index (Phi) is 3.86. The second-order valence-corrected chi connectivity index (χ2v) is 0.910. The van der Waals surface area contributed by atoms with E-state index in [-0.39, 0.29) is 0 Å². The summed E-state index contributed by atoms with van der Waals surface area (Å²) in [5, 5.41) is 3.09. The fourth-order valence-corrected chi connectivity index (χ4v) is 0.158. The van der Waals surface area contributed by atoms with Gasteiger partial charge in [-0.2, -0.15) is 5.11 Å². The fourth-order valence-electron chi connectivity index (χ4n) is 0.158. The van der Waals surface area contributed by atoms with E-state index in [1.54, 1.807) is 0 Å². The molecule has 0 bridgehead atoms. The second-order valence-electron chi connectivity index (χ2n) is 0.910. The SMILES string of the molecule is C/C=C/CN=N. The molecule has 0 saturated heterocycles. The smallest absolute Gasteiger partial charge is 0.0777 e. The first-order valence-corrected chi connectivity index (χ1v) is 1.86. The topological polar surface area (TPSA) is 36.2 Å². The van der Waals surface area contributed by atoms with E-state index in [1.807, 2.05) is 19.1 Å². The lowest BCUT2D eigenvalue weighted by atomic mass is 10.5. The lowest BCUT2D eigenvalue weighted by molar-refractivity contribution is 1.00. The van der Waals surface area contributed by atoms with Crippen LogP contribution in [0.2, 0.25) is 0 Å². The van der Waals surface area contributed by atoms with Gasteiger partial charge < -0.3 is 0 Å². The lowest BCUT2D eigenvalue weighted by Gasteiger charge is -1.69. The zero-order valence-electron chi connectivity index (χ0n) is 3.81. The van der Waals surface area contributed by atoms with Crippen molar-refractivity contribution in [2.24, 2.45) is 5.11 Å². The van der Waals surface area contributed by atoms with Gasteiger partial charge in [-0.25, -0.2) is 5.53 Å². The molecule has 0 amide bonds. The van der Waals surface area contributed by atoms with Crippen molar-refractivity contribution in [3.05, 3.63) is 12.2 Å². The number of allylic oxidation sites excluding steroid dienone is 1. The minimum atomic E-state index is 0.524. The van der Waals surface area contributed by atoms with Crippen molar-refractivity contribution < 1.29 is 0 Å². The third-order valence-corrected chi connectivity index (χ3v) is 0.432. The van der Waals surface area contributed by atoms with Gasteiger partial charge in [0.1, 0.15) is 0 Å². The molecule has 0 aliphatic heterocycles. The van der Waals surface area contributed by atoms with Gasteiger partial charge in [-0.3, -0.25) is 0 Å². The van der Waals surface area contributed by atoms with Crippen molar-refractivity contribution in [1.82, 2.24) is 0 Å². The van der Waals surface area contributed by atoms with Crippen molar-refractivity contribution in [1.29, 1.82) is 5.53 Å². The Balaban J connectivity index is 2.85. The summed E-state index contributed by atoms with van der Waals surface area (Å²) in [4.78, 5) is 0. The molecule has 0 rings (SSSR count). The summed E-state index contributed by atoms with van der Waals surface area (Å²) in [5.41, 5.74) is 6.28. The number of nitrogens with one attached hydrogen (secondary N) is 1. The zero-order chi connectivity index (χ0) is 4.83. The molecule has 0 aromatic carbocycles. The molecule has 0 radical (unpaired) electrons. The Hall–Kier alpha value is -0.660. The van der Waals surface area contributed by atoms with Crippen molar-refractivity contribution in [2.45, 2.75) is 6.92 Å². The lowest BCUT2D eigenvalue weighted by Crippen LogP contribution is -1.61. The third-order valence-electron chi connectivity index (χ3n) is 0.432. The largest absolute Gasteiger partial charge is 0.210 e. The first-order chi connectivity index (χ1) is 2.91. The summed E-state index contributed by atoms with van der Waals surface area (Å²) in [7, 11) is 0. The van der Waals surface area contributed by atoms with Crippen molar-refractivity contribution in [3.63, 3.8) is 0 Å². The number of rotatable bonds is 2. The summed E-state index contributed by atoms with van der Waals surface area (Å²) in [6.07, 6.45) is 3.70. The minimum absolute atomic E-state index is 0.524. The highest BCUT2D eigenvalue weighted by molar-refractivity contribution is 4.77. The Morgan fingerprint density at radius 1 is 1.83 bits per heavy atom. The molecule has 0 aromatic heterocycles. The van der Waals surface area contributed by atoms with E-state index in [0.717, 1.165) is 0 Å².